The van der Waals surface area contributed by atoms with Crippen LogP contribution in [0.4, 0.5) is 0 Å². The van der Waals surface area contributed by atoms with Crippen molar-refractivity contribution in [2.24, 2.45) is 11.8 Å². The van der Waals surface area contributed by atoms with Crippen molar-refractivity contribution in [1.82, 2.24) is 4.90 Å². The number of rotatable bonds is 9. The van der Waals surface area contributed by atoms with Crippen LogP contribution in [0.3, 0.4) is 0 Å². The fourth-order valence-electron chi connectivity index (χ4n) is 1.84. The van der Waals surface area contributed by atoms with Gasteiger partial charge in [-0.05, 0) is 11.8 Å². The molecule has 0 saturated heterocycles. The Morgan fingerprint density at radius 1 is 1.10 bits per heavy atom. The van der Waals surface area contributed by atoms with Gasteiger partial charge < -0.3 is 10.0 Å². The SMILES string of the molecule is CC(C)CN(CCC(=O)O)C(=O)CS(=O)(=O)CC(C)C. The van der Waals surface area contributed by atoms with Crippen molar-refractivity contribution in [3.8, 4) is 0 Å². The predicted octanol–water partition coefficient (Wildman–Crippen LogP) is 1.02. The molecular weight excluding hydrogens is 282 g/mol. The van der Waals surface area contributed by atoms with Gasteiger partial charge in [0.25, 0.3) is 0 Å². The summed E-state index contributed by atoms with van der Waals surface area (Å²) in [6.45, 7) is 7.75. The number of aliphatic carboxylic acids is 1. The molecule has 0 spiro atoms. The molecule has 1 amide bonds. The molecule has 118 valence electrons. The molecule has 0 aromatic carbocycles. The Morgan fingerprint density at radius 3 is 2.05 bits per heavy atom. The molecule has 0 saturated carbocycles. The van der Waals surface area contributed by atoms with Crippen molar-refractivity contribution in [2.75, 3.05) is 24.6 Å². The standard InChI is InChI=1S/C13H25NO5S/c1-10(2)7-14(6-5-13(16)17)12(15)9-20(18,19)8-11(3)4/h10-11H,5-9H2,1-4H3,(H,16,17). The number of carbonyl (C=O) groups is 2. The molecule has 0 aliphatic rings. The number of hydrogen-bond donors (Lipinski definition) is 1. The fourth-order valence-corrected chi connectivity index (χ4v) is 3.53. The normalized spacial score (nSPS) is 11.9. The van der Waals surface area contributed by atoms with E-state index in [1.165, 1.54) is 4.90 Å². The molecule has 0 rings (SSSR count). The van der Waals surface area contributed by atoms with Crippen molar-refractivity contribution in [3.05, 3.63) is 0 Å². The van der Waals surface area contributed by atoms with E-state index in [0.29, 0.717) is 6.54 Å². The maximum absolute atomic E-state index is 12.0. The van der Waals surface area contributed by atoms with Crippen molar-refractivity contribution >= 4 is 21.7 Å². The topological polar surface area (TPSA) is 91.8 Å². The molecule has 20 heavy (non-hydrogen) atoms. The number of sulfone groups is 1. The highest BCUT2D eigenvalue weighted by molar-refractivity contribution is 7.92. The molecule has 0 fully saturated rings. The summed E-state index contributed by atoms with van der Waals surface area (Å²) in [4.78, 5) is 24.0. The Balaban J connectivity index is 4.73. The van der Waals surface area contributed by atoms with Crippen LogP contribution in [-0.4, -0.2) is 54.9 Å². The van der Waals surface area contributed by atoms with Gasteiger partial charge in [-0.3, -0.25) is 9.59 Å². The predicted molar refractivity (Wildman–Crippen MR) is 77.2 cm³/mol. The second-order valence-electron chi connectivity index (χ2n) is 5.83. The lowest BCUT2D eigenvalue weighted by Crippen LogP contribution is -2.40. The van der Waals surface area contributed by atoms with Gasteiger partial charge in [0.2, 0.25) is 5.91 Å². The monoisotopic (exact) mass is 307 g/mol. The van der Waals surface area contributed by atoms with E-state index in [1.807, 2.05) is 13.8 Å². The van der Waals surface area contributed by atoms with Crippen molar-refractivity contribution in [3.63, 3.8) is 0 Å². The molecule has 6 nitrogen and oxygen atoms in total. The summed E-state index contributed by atoms with van der Waals surface area (Å²) in [5, 5.41) is 8.67. The lowest BCUT2D eigenvalue weighted by molar-refractivity contribution is -0.138. The molecule has 1 N–H and O–H groups in total. The summed E-state index contributed by atoms with van der Waals surface area (Å²) in [5.74, 6) is -1.98. The summed E-state index contributed by atoms with van der Waals surface area (Å²) in [6, 6.07) is 0. The van der Waals surface area contributed by atoms with Crippen molar-refractivity contribution < 1.29 is 23.1 Å². The van der Waals surface area contributed by atoms with E-state index >= 15 is 0 Å². The number of hydrogen-bond acceptors (Lipinski definition) is 4. The van der Waals surface area contributed by atoms with Gasteiger partial charge in [0, 0.05) is 13.1 Å². The number of carboxylic acid groups (broad SMARTS) is 1. The third-order valence-electron chi connectivity index (χ3n) is 2.46. The van der Waals surface area contributed by atoms with E-state index in [9.17, 15) is 18.0 Å². The quantitative estimate of drug-likeness (QED) is 0.686. The average Bonchev–Trinajstić information content (AvgIpc) is 2.20. The van der Waals surface area contributed by atoms with Crippen LogP contribution in [0, 0.1) is 11.8 Å². The Morgan fingerprint density at radius 2 is 1.65 bits per heavy atom. The van der Waals surface area contributed by atoms with Gasteiger partial charge in [-0.1, -0.05) is 27.7 Å². The number of amides is 1. The molecule has 0 unspecified atom stereocenters. The number of nitrogens with zero attached hydrogens (tertiary/aromatic N) is 1. The van der Waals surface area contributed by atoms with Crippen LogP contribution in [0.2, 0.25) is 0 Å². The van der Waals surface area contributed by atoms with Crippen molar-refractivity contribution in [1.29, 1.82) is 0 Å². The fraction of sp³-hybridized carbons (Fsp3) is 0.846. The second-order valence-corrected chi connectivity index (χ2v) is 7.93. The molecule has 0 aliphatic carbocycles. The molecule has 0 aromatic heterocycles. The molecular formula is C13H25NO5S. The highest BCUT2D eigenvalue weighted by Gasteiger charge is 2.23. The molecule has 0 heterocycles. The summed E-state index contributed by atoms with van der Waals surface area (Å²) < 4.78 is 23.6. The van der Waals surface area contributed by atoms with E-state index in [4.69, 9.17) is 5.11 Å². The maximum atomic E-state index is 12.0. The zero-order chi connectivity index (χ0) is 15.9. The second kappa shape index (κ2) is 8.24. The minimum atomic E-state index is -3.44. The summed E-state index contributed by atoms with van der Waals surface area (Å²) in [6.07, 6.45) is -0.178. The summed E-state index contributed by atoms with van der Waals surface area (Å²) in [5.41, 5.74) is 0. The smallest absolute Gasteiger partial charge is 0.305 e. The number of carboxylic acids is 1. The third kappa shape index (κ3) is 8.90. The summed E-state index contributed by atoms with van der Waals surface area (Å²) >= 11 is 0. The lowest BCUT2D eigenvalue weighted by Gasteiger charge is -2.24. The van der Waals surface area contributed by atoms with Crippen LogP contribution >= 0.6 is 0 Å². The van der Waals surface area contributed by atoms with Crippen LogP contribution in [0.5, 0.6) is 0 Å². The first-order chi connectivity index (χ1) is 9.03. The van der Waals surface area contributed by atoms with E-state index in [-0.39, 0.29) is 30.6 Å². The Labute approximate surface area is 121 Å². The van der Waals surface area contributed by atoms with Gasteiger partial charge in [-0.25, -0.2) is 8.42 Å². The van der Waals surface area contributed by atoms with Crippen LogP contribution in [0.15, 0.2) is 0 Å². The third-order valence-corrected chi connectivity index (χ3v) is 4.33. The van der Waals surface area contributed by atoms with E-state index < -0.39 is 27.5 Å². The molecule has 0 bridgehead atoms. The van der Waals surface area contributed by atoms with Crippen LogP contribution in [-0.2, 0) is 19.4 Å². The largest absolute Gasteiger partial charge is 0.481 e. The minimum Gasteiger partial charge on any atom is -0.481 e. The first-order valence-corrected chi connectivity index (χ1v) is 8.55. The van der Waals surface area contributed by atoms with Gasteiger partial charge in [-0.2, -0.15) is 0 Å². The molecule has 7 heteroatoms. The van der Waals surface area contributed by atoms with Gasteiger partial charge in [0.05, 0.1) is 12.2 Å². The van der Waals surface area contributed by atoms with Gasteiger partial charge in [0.1, 0.15) is 5.75 Å². The van der Waals surface area contributed by atoms with Crippen molar-refractivity contribution in [2.45, 2.75) is 34.1 Å². The van der Waals surface area contributed by atoms with E-state index in [1.54, 1.807) is 13.8 Å². The molecule has 0 aliphatic heterocycles. The zero-order valence-electron chi connectivity index (χ0n) is 12.6. The first kappa shape index (κ1) is 18.9. The molecule has 0 radical (unpaired) electrons. The Bertz CT molecular complexity index is 428. The zero-order valence-corrected chi connectivity index (χ0v) is 13.4. The van der Waals surface area contributed by atoms with Crippen LogP contribution in [0.25, 0.3) is 0 Å². The van der Waals surface area contributed by atoms with Gasteiger partial charge in [-0.15, -0.1) is 0 Å². The van der Waals surface area contributed by atoms with Crippen LogP contribution < -0.4 is 0 Å². The minimum absolute atomic E-state index is 0.0345. The Hall–Kier alpha value is -1.11. The average molecular weight is 307 g/mol. The van der Waals surface area contributed by atoms with E-state index in [2.05, 4.69) is 0 Å². The molecule has 0 aromatic rings. The first-order valence-electron chi connectivity index (χ1n) is 6.73. The highest BCUT2D eigenvalue weighted by Crippen LogP contribution is 2.06. The number of carbonyl (C=O) groups excluding carboxylic acids is 1. The van der Waals surface area contributed by atoms with Crippen LogP contribution in [0.1, 0.15) is 34.1 Å². The van der Waals surface area contributed by atoms with Gasteiger partial charge >= 0.3 is 5.97 Å². The Kier molecular flexibility index (Phi) is 7.78. The maximum Gasteiger partial charge on any atom is 0.305 e. The highest BCUT2D eigenvalue weighted by atomic mass is 32.2. The van der Waals surface area contributed by atoms with Gasteiger partial charge in [0.15, 0.2) is 9.84 Å². The molecule has 0 atom stereocenters. The summed E-state index contributed by atoms with van der Waals surface area (Å²) in [7, 11) is -3.44. The van der Waals surface area contributed by atoms with E-state index in [0.717, 1.165) is 0 Å². The lowest BCUT2D eigenvalue weighted by atomic mass is 10.2.